The van der Waals surface area contributed by atoms with E-state index in [9.17, 15) is 0 Å². The van der Waals surface area contributed by atoms with E-state index < -0.39 is 0 Å². The molecule has 0 radical (unpaired) electrons. The molecule has 2 atom stereocenters. The van der Waals surface area contributed by atoms with Gasteiger partial charge in [0.05, 0.1) is 13.2 Å². The Labute approximate surface area is 199 Å². The molecule has 0 aliphatic rings. The standard InChI is InChI=1S/C30H35NO2/c1-6-23(4)21-32-29-17-13-27(14-18-29)31(26-11-9-25(8-3)10-12-26)28-15-19-30(20-16-28)33-22-24(5)7-2/h3,9-20,23-24H,6-7,21-22H2,1-2,4-5H3. The van der Waals surface area contributed by atoms with Crippen molar-refractivity contribution in [3.8, 4) is 23.8 Å². The topological polar surface area (TPSA) is 21.7 Å². The number of ether oxygens (including phenoxy) is 2. The molecular formula is C30H35NO2. The molecular weight excluding hydrogens is 406 g/mol. The first-order valence-electron chi connectivity index (χ1n) is 11.9. The van der Waals surface area contributed by atoms with Gasteiger partial charge >= 0.3 is 0 Å². The molecule has 0 bridgehead atoms. The van der Waals surface area contributed by atoms with Crippen LogP contribution in [-0.4, -0.2) is 13.2 Å². The van der Waals surface area contributed by atoms with Crippen molar-refractivity contribution in [2.75, 3.05) is 18.1 Å². The summed E-state index contributed by atoms with van der Waals surface area (Å²) in [5.74, 6) is 5.54. The Hall–Kier alpha value is -3.38. The van der Waals surface area contributed by atoms with Gasteiger partial charge in [0.1, 0.15) is 11.5 Å². The quantitative estimate of drug-likeness (QED) is 0.281. The first-order valence-corrected chi connectivity index (χ1v) is 11.9. The van der Waals surface area contributed by atoms with Crippen molar-refractivity contribution in [2.45, 2.75) is 40.5 Å². The van der Waals surface area contributed by atoms with Crippen LogP contribution in [0.3, 0.4) is 0 Å². The van der Waals surface area contributed by atoms with Gasteiger partial charge in [-0.25, -0.2) is 0 Å². The Morgan fingerprint density at radius 2 is 1.03 bits per heavy atom. The molecule has 33 heavy (non-hydrogen) atoms. The van der Waals surface area contributed by atoms with Crippen molar-refractivity contribution < 1.29 is 9.47 Å². The molecule has 0 amide bonds. The second-order valence-corrected chi connectivity index (χ2v) is 8.66. The second-order valence-electron chi connectivity index (χ2n) is 8.66. The largest absolute Gasteiger partial charge is 0.493 e. The average Bonchev–Trinajstić information content (AvgIpc) is 2.87. The first-order chi connectivity index (χ1) is 16.0. The summed E-state index contributed by atoms with van der Waals surface area (Å²) in [6.07, 6.45) is 7.77. The van der Waals surface area contributed by atoms with Crippen LogP contribution < -0.4 is 14.4 Å². The maximum Gasteiger partial charge on any atom is 0.119 e. The molecule has 0 aliphatic heterocycles. The minimum Gasteiger partial charge on any atom is -0.493 e. The summed E-state index contributed by atoms with van der Waals surface area (Å²) in [5.41, 5.74) is 4.00. The maximum atomic E-state index is 5.95. The number of hydrogen-bond acceptors (Lipinski definition) is 3. The van der Waals surface area contributed by atoms with Crippen molar-refractivity contribution in [2.24, 2.45) is 11.8 Å². The summed E-state index contributed by atoms with van der Waals surface area (Å²) in [7, 11) is 0. The molecule has 0 heterocycles. The van der Waals surface area contributed by atoms with Crippen molar-refractivity contribution >= 4 is 17.1 Å². The molecule has 3 rings (SSSR count). The van der Waals surface area contributed by atoms with Crippen molar-refractivity contribution in [1.29, 1.82) is 0 Å². The normalized spacial score (nSPS) is 12.5. The van der Waals surface area contributed by atoms with E-state index in [2.05, 4.69) is 74.9 Å². The smallest absolute Gasteiger partial charge is 0.119 e. The van der Waals surface area contributed by atoms with Crippen LogP contribution >= 0.6 is 0 Å². The third-order valence-corrected chi connectivity index (χ3v) is 5.94. The van der Waals surface area contributed by atoms with E-state index in [-0.39, 0.29) is 0 Å². The van der Waals surface area contributed by atoms with Gasteiger partial charge in [-0.05, 0) is 84.6 Å². The SMILES string of the molecule is C#Cc1ccc(N(c2ccc(OCC(C)CC)cc2)c2ccc(OCC(C)CC)cc2)cc1. The van der Waals surface area contributed by atoms with Gasteiger partial charge in [-0.3, -0.25) is 0 Å². The molecule has 0 spiro atoms. The fraction of sp³-hybridized carbons (Fsp3) is 0.333. The molecule has 0 N–H and O–H groups in total. The van der Waals surface area contributed by atoms with E-state index in [4.69, 9.17) is 15.9 Å². The zero-order valence-corrected chi connectivity index (χ0v) is 20.3. The zero-order valence-electron chi connectivity index (χ0n) is 20.3. The van der Waals surface area contributed by atoms with Gasteiger partial charge in [-0.15, -0.1) is 6.42 Å². The third kappa shape index (κ3) is 6.80. The van der Waals surface area contributed by atoms with Crippen LogP contribution in [0.1, 0.15) is 46.1 Å². The van der Waals surface area contributed by atoms with Crippen LogP contribution in [0.5, 0.6) is 11.5 Å². The van der Waals surface area contributed by atoms with Gasteiger partial charge in [0, 0.05) is 22.6 Å². The van der Waals surface area contributed by atoms with Crippen LogP contribution in [0.2, 0.25) is 0 Å². The summed E-state index contributed by atoms with van der Waals surface area (Å²) in [6, 6.07) is 24.5. The monoisotopic (exact) mass is 441 g/mol. The fourth-order valence-corrected chi connectivity index (χ4v) is 3.25. The lowest BCUT2D eigenvalue weighted by molar-refractivity contribution is 0.256. The molecule has 3 heteroatoms. The summed E-state index contributed by atoms with van der Waals surface area (Å²) in [6.45, 7) is 10.2. The molecule has 3 nitrogen and oxygen atoms in total. The Morgan fingerprint density at radius 3 is 1.36 bits per heavy atom. The van der Waals surface area contributed by atoms with Crippen LogP contribution in [0.25, 0.3) is 0 Å². The zero-order chi connectivity index (χ0) is 23.6. The molecule has 0 aliphatic carbocycles. The molecule has 0 saturated carbocycles. The molecule has 3 aromatic rings. The Kier molecular flexibility index (Phi) is 8.84. The lowest BCUT2D eigenvalue weighted by atomic mass is 10.1. The van der Waals surface area contributed by atoms with Crippen LogP contribution in [0, 0.1) is 24.2 Å². The number of rotatable bonds is 11. The van der Waals surface area contributed by atoms with Gasteiger partial charge in [0.25, 0.3) is 0 Å². The van der Waals surface area contributed by atoms with E-state index in [0.717, 1.165) is 60.2 Å². The van der Waals surface area contributed by atoms with Gasteiger partial charge in [0.15, 0.2) is 0 Å². The van der Waals surface area contributed by atoms with Gasteiger partial charge in [0.2, 0.25) is 0 Å². The molecule has 2 unspecified atom stereocenters. The Morgan fingerprint density at radius 1 is 0.667 bits per heavy atom. The summed E-state index contributed by atoms with van der Waals surface area (Å²) < 4.78 is 11.9. The van der Waals surface area contributed by atoms with Gasteiger partial charge in [-0.2, -0.15) is 0 Å². The van der Waals surface area contributed by atoms with Crippen LogP contribution in [-0.2, 0) is 0 Å². The van der Waals surface area contributed by atoms with Crippen molar-refractivity contribution in [3.05, 3.63) is 78.4 Å². The van der Waals surface area contributed by atoms with Gasteiger partial charge < -0.3 is 14.4 Å². The van der Waals surface area contributed by atoms with E-state index in [1.165, 1.54) is 0 Å². The first kappa shape index (κ1) is 24.3. The Balaban J connectivity index is 1.86. The predicted octanol–water partition coefficient (Wildman–Crippen LogP) is 7.99. The number of nitrogens with zero attached hydrogens (tertiary/aromatic N) is 1. The summed E-state index contributed by atoms with van der Waals surface area (Å²) in [5, 5.41) is 0. The number of anilines is 3. The average molecular weight is 442 g/mol. The van der Waals surface area contributed by atoms with Crippen molar-refractivity contribution in [1.82, 2.24) is 0 Å². The second kappa shape index (κ2) is 12.0. The summed E-state index contributed by atoms with van der Waals surface area (Å²) >= 11 is 0. The van der Waals surface area contributed by atoms with E-state index >= 15 is 0 Å². The lowest BCUT2D eigenvalue weighted by Gasteiger charge is -2.26. The highest BCUT2D eigenvalue weighted by Gasteiger charge is 2.13. The lowest BCUT2D eigenvalue weighted by Crippen LogP contribution is -2.11. The van der Waals surface area contributed by atoms with Crippen molar-refractivity contribution in [3.63, 3.8) is 0 Å². The van der Waals surface area contributed by atoms with Gasteiger partial charge in [-0.1, -0.05) is 46.5 Å². The number of terminal acetylenes is 1. The molecule has 0 aromatic heterocycles. The highest BCUT2D eigenvalue weighted by Crippen LogP contribution is 2.36. The molecule has 172 valence electrons. The van der Waals surface area contributed by atoms with Crippen LogP contribution in [0.4, 0.5) is 17.1 Å². The fourth-order valence-electron chi connectivity index (χ4n) is 3.25. The Bertz CT molecular complexity index is 959. The van der Waals surface area contributed by atoms with E-state index in [1.54, 1.807) is 0 Å². The molecule has 0 saturated heterocycles. The maximum absolute atomic E-state index is 5.95. The molecule has 0 fully saturated rings. The highest BCUT2D eigenvalue weighted by atomic mass is 16.5. The number of hydrogen-bond donors (Lipinski definition) is 0. The highest BCUT2D eigenvalue weighted by molar-refractivity contribution is 5.77. The predicted molar refractivity (Wildman–Crippen MR) is 139 cm³/mol. The molecule has 3 aromatic carbocycles. The minimum atomic E-state index is 0.539. The number of benzene rings is 3. The van der Waals surface area contributed by atoms with Crippen LogP contribution in [0.15, 0.2) is 72.8 Å². The third-order valence-electron chi connectivity index (χ3n) is 5.94. The minimum absolute atomic E-state index is 0.539. The van der Waals surface area contributed by atoms with E-state index in [1.807, 2.05) is 36.4 Å². The van der Waals surface area contributed by atoms with E-state index in [0.29, 0.717) is 11.8 Å². The summed E-state index contributed by atoms with van der Waals surface area (Å²) in [4.78, 5) is 2.21.